The molecule has 172 valence electrons. The van der Waals surface area contributed by atoms with Crippen molar-refractivity contribution in [3.05, 3.63) is 59.7 Å². The van der Waals surface area contributed by atoms with Crippen molar-refractivity contribution < 1.29 is 27.4 Å². The third-order valence-electron chi connectivity index (χ3n) is 6.18. The number of fused-ring (bicyclic) bond motifs is 1. The molecule has 2 aliphatic heterocycles. The van der Waals surface area contributed by atoms with Crippen LogP contribution in [0.1, 0.15) is 30.9 Å². The molecule has 0 radical (unpaired) electrons. The van der Waals surface area contributed by atoms with E-state index in [1.807, 2.05) is 29.2 Å². The number of para-hydroxylation sites is 1. The largest absolute Gasteiger partial charge is 0.573 e. The van der Waals surface area contributed by atoms with E-state index in [-0.39, 0.29) is 17.8 Å². The van der Waals surface area contributed by atoms with Crippen LogP contribution in [0.2, 0.25) is 0 Å². The SMILES string of the molecule is CC(=O)N1Cc2ccccc2O[C@H](C2CCN(Cc3ccc(OC(F)(F)F)cc3)CC2)C1. The Labute approximate surface area is 185 Å². The number of ether oxygens (including phenoxy) is 2. The molecular formula is C24H27F3N2O3. The molecule has 0 bridgehead atoms. The van der Waals surface area contributed by atoms with Crippen LogP contribution in [0.25, 0.3) is 0 Å². The highest BCUT2D eigenvalue weighted by atomic mass is 19.4. The molecule has 8 heteroatoms. The fourth-order valence-electron chi connectivity index (χ4n) is 4.46. The van der Waals surface area contributed by atoms with Gasteiger partial charge in [0.1, 0.15) is 17.6 Å². The van der Waals surface area contributed by atoms with Gasteiger partial charge in [-0.3, -0.25) is 9.69 Å². The molecule has 1 saturated heterocycles. The van der Waals surface area contributed by atoms with Gasteiger partial charge in [-0.15, -0.1) is 13.2 Å². The molecule has 5 nitrogen and oxygen atoms in total. The number of benzene rings is 2. The highest BCUT2D eigenvalue weighted by Crippen LogP contribution is 2.31. The second-order valence-corrected chi connectivity index (χ2v) is 8.47. The van der Waals surface area contributed by atoms with Crippen LogP contribution in [0.4, 0.5) is 13.2 Å². The summed E-state index contributed by atoms with van der Waals surface area (Å²) >= 11 is 0. The third-order valence-corrected chi connectivity index (χ3v) is 6.18. The van der Waals surface area contributed by atoms with E-state index in [1.54, 1.807) is 19.1 Å². The van der Waals surface area contributed by atoms with Crippen LogP contribution in [-0.2, 0) is 17.9 Å². The van der Waals surface area contributed by atoms with Gasteiger partial charge in [-0.1, -0.05) is 30.3 Å². The summed E-state index contributed by atoms with van der Waals surface area (Å²) in [6, 6.07) is 13.9. The summed E-state index contributed by atoms with van der Waals surface area (Å²) in [7, 11) is 0. The van der Waals surface area contributed by atoms with Crippen molar-refractivity contribution in [2.75, 3.05) is 19.6 Å². The number of hydrogen-bond donors (Lipinski definition) is 0. The molecule has 1 fully saturated rings. The molecule has 2 aromatic rings. The van der Waals surface area contributed by atoms with E-state index in [0.29, 0.717) is 25.6 Å². The number of carbonyl (C=O) groups is 1. The van der Waals surface area contributed by atoms with Gasteiger partial charge in [-0.25, -0.2) is 0 Å². The molecule has 1 atom stereocenters. The average Bonchev–Trinajstić information content (AvgIpc) is 2.95. The van der Waals surface area contributed by atoms with Crippen molar-refractivity contribution in [2.45, 2.75) is 45.3 Å². The van der Waals surface area contributed by atoms with Gasteiger partial charge in [0.25, 0.3) is 0 Å². The molecule has 1 amide bonds. The van der Waals surface area contributed by atoms with E-state index in [1.165, 1.54) is 12.1 Å². The van der Waals surface area contributed by atoms with Crippen molar-refractivity contribution in [1.29, 1.82) is 0 Å². The van der Waals surface area contributed by atoms with Crippen LogP contribution in [0.15, 0.2) is 48.5 Å². The van der Waals surface area contributed by atoms with Gasteiger partial charge in [0.2, 0.25) is 5.91 Å². The fourth-order valence-corrected chi connectivity index (χ4v) is 4.46. The Balaban J connectivity index is 1.34. The molecule has 0 aromatic heterocycles. The van der Waals surface area contributed by atoms with E-state index in [2.05, 4.69) is 9.64 Å². The Morgan fingerprint density at radius 1 is 1.09 bits per heavy atom. The molecule has 2 aromatic carbocycles. The molecule has 0 aliphatic carbocycles. The molecule has 32 heavy (non-hydrogen) atoms. The van der Waals surface area contributed by atoms with Gasteiger partial charge in [0, 0.05) is 31.5 Å². The number of likely N-dealkylation sites (tertiary alicyclic amines) is 1. The molecule has 2 heterocycles. The predicted octanol–water partition coefficient (Wildman–Crippen LogP) is 4.61. The molecule has 4 rings (SSSR count). The lowest BCUT2D eigenvalue weighted by Crippen LogP contribution is -2.44. The Morgan fingerprint density at radius 2 is 1.78 bits per heavy atom. The smallest absolute Gasteiger partial charge is 0.488 e. The minimum atomic E-state index is -4.68. The van der Waals surface area contributed by atoms with Crippen LogP contribution in [-0.4, -0.2) is 47.8 Å². The summed E-state index contributed by atoms with van der Waals surface area (Å²) < 4.78 is 47.3. The van der Waals surface area contributed by atoms with Crippen molar-refractivity contribution >= 4 is 5.91 Å². The van der Waals surface area contributed by atoms with Crippen molar-refractivity contribution in [2.24, 2.45) is 5.92 Å². The number of rotatable bonds is 4. The Kier molecular flexibility index (Phi) is 6.60. The van der Waals surface area contributed by atoms with Gasteiger partial charge < -0.3 is 14.4 Å². The minimum absolute atomic E-state index is 0.0469. The van der Waals surface area contributed by atoms with E-state index in [9.17, 15) is 18.0 Å². The second kappa shape index (κ2) is 9.40. The van der Waals surface area contributed by atoms with E-state index >= 15 is 0 Å². The fraction of sp³-hybridized carbons (Fsp3) is 0.458. The summed E-state index contributed by atoms with van der Waals surface area (Å²) in [6.45, 7) is 5.15. The topological polar surface area (TPSA) is 42.0 Å². The molecular weight excluding hydrogens is 421 g/mol. The van der Waals surface area contributed by atoms with Gasteiger partial charge in [0.15, 0.2) is 0 Å². The van der Waals surface area contributed by atoms with Crippen LogP contribution in [0, 0.1) is 5.92 Å². The Morgan fingerprint density at radius 3 is 2.44 bits per heavy atom. The summed E-state index contributed by atoms with van der Waals surface area (Å²) in [4.78, 5) is 16.3. The number of hydrogen-bond acceptors (Lipinski definition) is 4. The highest BCUT2D eigenvalue weighted by molar-refractivity contribution is 5.73. The van der Waals surface area contributed by atoms with Crippen molar-refractivity contribution in [3.8, 4) is 11.5 Å². The quantitative estimate of drug-likeness (QED) is 0.685. The van der Waals surface area contributed by atoms with Crippen molar-refractivity contribution in [3.63, 3.8) is 0 Å². The van der Waals surface area contributed by atoms with E-state index in [0.717, 1.165) is 42.8 Å². The van der Waals surface area contributed by atoms with Gasteiger partial charge in [0.05, 0.1) is 6.54 Å². The molecule has 0 spiro atoms. The zero-order valence-electron chi connectivity index (χ0n) is 18.0. The average molecular weight is 448 g/mol. The van der Waals surface area contributed by atoms with E-state index in [4.69, 9.17) is 4.74 Å². The first-order valence-electron chi connectivity index (χ1n) is 10.8. The predicted molar refractivity (Wildman–Crippen MR) is 113 cm³/mol. The zero-order valence-corrected chi connectivity index (χ0v) is 18.0. The summed E-state index contributed by atoms with van der Waals surface area (Å²) in [5.74, 6) is 1.03. The first-order valence-corrected chi connectivity index (χ1v) is 10.8. The van der Waals surface area contributed by atoms with Crippen LogP contribution < -0.4 is 9.47 Å². The van der Waals surface area contributed by atoms with Crippen LogP contribution in [0.5, 0.6) is 11.5 Å². The van der Waals surface area contributed by atoms with Crippen LogP contribution in [0.3, 0.4) is 0 Å². The number of halogens is 3. The van der Waals surface area contributed by atoms with Gasteiger partial charge in [-0.05, 0) is 49.7 Å². The second-order valence-electron chi connectivity index (χ2n) is 8.47. The maximum absolute atomic E-state index is 12.3. The zero-order chi connectivity index (χ0) is 22.7. The maximum atomic E-state index is 12.3. The third kappa shape index (κ3) is 5.73. The monoisotopic (exact) mass is 448 g/mol. The minimum Gasteiger partial charge on any atom is -0.488 e. The highest BCUT2D eigenvalue weighted by Gasteiger charge is 2.33. The standard InChI is InChI=1S/C24H27F3N2O3/c1-17(30)29-15-20-4-2-3-5-22(20)31-23(16-29)19-10-12-28(13-11-19)14-18-6-8-21(9-7-18)32-24(25,26)27/h2-9,19,23H,10-16H2,1H3/t23-/m0/s1. The van der Waals surface area contributed by atoms with Gasteiger partial charge in [-0.2, -0.15) is 0 Å². The summed E-state index contributed by atoms with van der Waals surface area (Å²) in [5, 5.41) is 0. The summed E-state index contributed by atoms with van der Waals surface area (Å²) in [6.07, 6.45) is -2.85. The lowest BCUT2D eigenvalue weighted by atomic mass is 9.90. The molecule has 0 N–H and O–H groups in total. The number of piperidine rings is 1. The Bertz CT molecular complexity index is 925. The Hall–Kier alpha value is -2.74. The van der Waals surface area contributed by atoms with E-state index < -0.39 is 6.36 Å². The lowest BCUT2D eigenvalue weighted by Gasteiger charge is -2.36. The molecule has 0 unspecified atom stereocenters. The van der Waals surface area contributed by atoms with Crippen molar-refractivity contribution in [1.82, 2.24) is 9.80 Å². The first-order chi connectivity index (χ1) is 15.3. The molecule has 2 aliphatic rings. The number of alkyl halides is 3. The normalized spacial score (nSPS) is 20.2. The van der Waals surface area contributed by atoms with Gasteiger partial charge >= 0.3 is 6.36 Å². The number of nitrogens with zero attached hydrogens (tertiary/aromatic N) is 2. The van der Waals surface area contributed by atoms with Crippen LogP contribution >= 0.6 is 0 Å². The molecule has 0 saturated carbocycles. The first kappa shape index (κ1) is 22.5. The number of amides is 1. The maximum Gasteiger partial charge on any atom is 0.573 e. The lowest BCUT2D eigenvalue weighted by molar-refractivity contribution is -0.274. The number of carbonyl (C=O) groups excluding carboxylic acids is 1. The summed E-state index contributed by atoms with van der Waals surface area (Å²) in [5.41, 5.74) is 1.97.